The summed E-state index contributed by atoms with van der Waals surface area (Å²) >= 11 is 0. The van der Waals surface area contributed by atoms with E-state index < -0.39 is 6.04 Å². The Morgan fingerprint density at radius 2 is 2.17 bits per heavy atom. The van der Waals surface area contributed by atoms with E-state index in [1.165, 1.54) is 0 Å². The van der Waals surface area contributed by atoms with E-state index in [4.69, 9.17) is 5.73 Å². The minimum Gasteiger partial charge on any atom is -0.354 e. The van der Waals surface area contributed by atoms with Gasteiger partial charge in [0.1, 0.15) is 0 Å². The highest BCUT2D eigenvalue weighted by atomic mass is 16.2. The number of para-hydroxylation sites is 1. The normalized spacial score (nSPS) is 12.3. The number of carbonyl (C=O) groups excluding carboxylic acids is 1. The van der Waals surface area contributed by atoms with E-state index in [2.05, 4.69) is 10.3 Å². The van der Waals surface area contributed by atoms with Gasteiger partial charge in [0.05, 0.1) is 11.6 Å². The summed E-state index contributed by atoms with van der Waals surface area (Å²) in [7, 11) is 0. The molecule has 0 saturated heterocycles. The number of fused-ring (bicyclic) bond motifs is 1. The van der Waals surface area contributed by atoms with Crippen molar-refractivity contribution in [2.45, 2.75) is 19.4 Å². The summed E-state index contributed by atoms with van der Waals surface area (Å²) in [5.41, 5.74) is 7.61. The fraction of sp³-hybridized carbons (Fsp3) is 0.286. The Kier molecular flexibility index (Phi) is 3.89. The quantitative estimate of drug-likeness (QED) is 0.849. The van der Waals surface area contributed by atoms with Gasteiger partial charge >= 0.3 is 0 Å². The molecule has 0 saturated carbocycles. The minimum absolute atomic E-state index is 0.122. The second kappa shape index (κ2) is 5.60. The van der Waals surface area contributed by atoms with Crippen LogP contribution in [0.4, 0.5) is 0 Å². The highest BCUT2D eigenvalue weighted by Gasteiger charge is 2.06. The number of pyridine rings is 1. The molecule has 0 bridgehead atoms. The van der Waals surface area contributed by atoms with Crippen molar-refractivity contribution in [3.63, 3.8) is 0 Å². The van der Waals surface area contributed by atoms with Gasteiger partial charge < -0.3 is 11.1 Å². The molecule has 18 heavy (non-hydrogen) atoms. The maximum atomic E-state index is 11.3. The first-order valence-electron chi connectivity index (χ1n) is 6.04. The Labute approximate surface area is 106 Å². The van der Waals surface area contributed by atoms with Crippen LogP contribution in [0, 0.1) is 0 Å². The van der Waals surface area contributed by atoms with Gasteiger partial charge in [0.15, 0.2) is 0 Å². The monoisotopic (exact) mass is 243 g/mol. The van der Waals surface area contributed by atoms with Crippen LogP contribution in [0.1, 0.15) is 12.5 Å². The SMILES string of the molecule is C[C@@H](N)C(=O)NCCc1cccc2cccnc12. The average molecular weight is 243 g/mol. The maximum absolute atomic E-state index is 11.3. The molecule has 0 aliphatic carbocycles. The lowest BCUT2D eigenvalue weighted by atomic mass is 10.1. The molecule has 3 N–H and O–H groups in total. The second-order valence-electron chi connectivity index (χ2n) is 4.32. The Morgan fingerprint density at radius 3 is 2.94 bits per heavy atom. The van der Waals surface area contributed by atoms with Crippen molar-refractivity contribution in [2.75, 3.05) is 6.54 Å². The molecule has 1 aromatic heterocycles. The van der Waals surface area contributed by atoms with Crippen molar-refractivity contribution in [3.05, 3.63) is 42.1 Å². The fourth-order valence-corrected chi connectivity index (χ4v) is 1.85. The zero-order chi connectivity index (χ0) is 13.0. The van der Waals surface area contributed by atoms with E-state index in [1.54, 1.807) is 13.1 Å². The van der Waals surface area contributed by atoms with Crippen molar-refractivity contribution in [2.24, 2.45) is 5.73 Å². The standard InChI is InChI=1S/C14H17N3O/c1-10(15)14(18)17-9-7-12-5-2-4-11-6-3-8-16-13(11)12/h2-6,8,10H,7,9,15H2,1H3,(H,17,18)/t10-/m1/s1. The molecule has 4 nitrogen and oxygen atoms in total. The summed E-state index contributed by atoms with van der Waals surface area (Å²) in [4.78, 5) is 15.7. The Hall–Kier alpha value is -1.94. The van der Waals surface area contributed by atoms with Crippen molar-refractivity contribution in [1.82, 2.24) is 10.3 Å². The first-order valence-corrected chi connectivity index (χ1v) is 6.04. The number of amides is 1. The van der Waals surface area contributed by atoms with E-state index >= 15 is 0 Å². The van der Waals surface area contributed by atoms with Crippen LogP contribution in [0.2, 0.25) is 0 Å². The molecule has 1 amide bonds. The summed E-state index contributed by atoms with van der Waals surface area (Å²) in [6.45, 7) is 2.25. The number of nitrogens with zero attached hydrogens (tertiary/aromatic N) is 1. The fourth-order valence-electron chi connectivity index (χ4n) is 1.85. The predicted octanol–water partition coefficient (Wildman–Crippen LogP) is 1.24. The van der Waals surface area contributed by atoms with Gasteiger partial charge in [-0.05, 0) is 25.0 Å². The average Bonchev–Trinajstić information content (AvgIpc) is 2.38. The molecule has 1 aromatic carbocycles. The number of nitrogens with one attached hydrogen (secondary N) is 1. The molecule has 1 atom stereocenters. The third-order valence-electron chi connectivity index (χ3n) is 2.82. The minimum atomic E-state index is -0.462. The van der Waals surface area contributed by atoms with E-state index in [0.29, 0.717) is 6.54 Å². The Bertz CT molecular complexity index is 546. The van der Waals surface area contributed by atoms with Crippen LogP contribution in [0.3, 0.4) is 0 Å². The van der Waals surface area contributed by atoms with Crippen LogP contribution >= 0.6 is 0 Å². The van der Waals surface area contributed by atoms with Crippen LogP contribution < -0.4 is 11.1 Å². The summed E-state index contributed by atoms with van der Waals surface area (Å²) in [6, 6.07) is 9.57. The summed E-state index contributed by atoms with van der Waals surface area (Å²) in [5.74, 6) is -0.122. The van der Waals surface area contributed by atoms with Crippen molar-refractivity contribution in [3.8, 4) is 0 Å². The number of hydrogen-bond donors (Lipinski definition) is 2. The van der Waals surface area contributed by atoms with Gasteiger partial charge in [0.2, 0.25) is 5.91 Å². The lowest BCUT2D eigenvalue weighted by Gasteiger charge is -2.09. The highest BCUT2D eigenvalue weighted by molar-refractivity contribution is 5.82. The molecular formula is C14H17N3O. The Morgan fingerprint density at radius 1 is 1.39 bits per heavy atom. The second-order valence-corrected chi connectivity index (χ2v) is 4.32. The molecule has 0 unspecified atom stereocenters. The van der Waals surface area contributed by atoms with Crippen molar-refractivity contribution < 1.29 is 4.79 Å². The van der Waals surface area contributed by atoms with Gasteiger partial charge in [0.25, 0.3) is 0 Å². The van der Waals surface area contributed by atoms with Crippen molar-refractivity contribution in [1.29, 1.82) is 0 Å². The van der Waals surface area contributed by atoms with Crippen molar-refractivity contribution >= 4 is 16.8 Å². The maximum Gasteiger partial charge on any atom is 0.236 e. The molecule has 2 aromatic rings. The lowest BCUT2D eigenvalue weighted by Crippen LogP contribution is -2.39. The molecule has 1 heterocycles. The molecular weight excluding hydrogens is 226 g/mol. The van der Waals surface area contributed by atoms with Crippen LogP contribution in [-0.2, 0) is 11.2 Å². The number of hydrogen-bond acceptors (Lipinski definition) is 3. The van der Waals surface area contributed by atoms with Crippen LogP contribution in [-0.4, -0.2) is 23.5 Å². The van der Waals surface area contributed by atoms with Crippen LogP contribution in [0.15, 0.2) is 36.5 Å². The molecule has 0 radical (unpaired) electrons. The topological polar surface area (TPSA) is 68.0 Å². The van der Waals surface area contributed by atoms with Crippen LogP contribution in [0.25, 0.3) is 10.9 Å². The van der Waals surface area contributed by atoms with Gasteiger partial charge in [-0.15, -0.1) is 0 Å². The first-order chi connectivity index (χ1) is 8.68. The summed E-state index contributed by atoms with van der Waals surface area (Å²) in [6.07, 6.45) is 2.54. The molecule has 94 valence electrons. The first kappa shape index (κ1) is 12.5. The number of carbonyl (C=O) groups is 1. The zero-order valence-corrected chi connectivity index (χ0v) is 10.4. The third-order valence-corrected chi connectivity index (χ3v) is 2.82. The van der Waals surface area contributed by atoms with Gasteiger partial charge in [-0.1, -0.05) is 24.3 Å². The molecule has 4 heteroatoms. The number of rotatable bonds is 4. The summed E-state index contributed by atoms with van der Waals surface area (Å²) < 4.78 is 0. The summed E-state index contributed by atoms with van der Waals surface area (Å²) in [5, 5.41) is 3.92. The Balaban J connectivity index is 2.06. The number of nitrogens with two attached hydrogens (primary N) is 1. The highest BCUT2D eigenvalue weighted by Crippen LogP contribution is 2.15. The van der Waals surface area contributed by atoms with E-state index in [1.807, 2.05) is 30.3 Å². The van der Waals surface area contributed by atoms with Gasteiger partial charge in [-0.2, -0.15) is 0 Å². The van der Waals surface area contributed by atoms with E-state index in [9.17, 15) is 4.79 Å². The third kappa shape index (κ3) is 2.84. The van der Waals surface area contributed by atoms with E-state index in [0.717, 1.165) is 22.9 Å². The smallest absolute Gasteiger partial charge is 0.236 e. The van der Waals surface area contributed by atoms with Gasteiger partial charge in [0, 0.05) is 18.1 Å². The lowest BCUT2D eigenvalue weighted by molar-refractivity contribution is -0.121. The molecule has 0 fully saturated rings. The largest absolute Gasteiger partial charge is 0.354 e. The van der Waals surface area contributed by atoms with Gasteiger partial charge in [-0.3, -0.25) is 9.78 Å². The van der Waals surface area contributed by atoms with E-state index in [-0.39, 0.29) is 5.91 Å². The molecule has 2 rings (SSSR count). The number of benzene rings is 1. The molecule has 0 aliphatic heterocycles. The van der Waals surface area contributed by atoms with Gasteiger partial charge in [-0.25, -0.2) is 0 Å². The molecule has 0 spiro atoms. The molecule has 0 aliphatic rings. The van der Waals surface area contributed by atoms with Crippen LogP contribution in [0.5, 0.6) is 0 Å². The zero-order valence-electron chi connectivity index (χ0n) is 10.4. The predicted molar refractivity (Wildman–Crippen MR) is 72.1 cm³/mol. The number of aromatic nitrogens is 1.